The summed E-state index contributed by atoms with van der Waals surface area (Å²) < 4.78 is 0. The number of allylic oxidation sites excluding steroid dienone is 1. The SMILES string of the molecule is C=CCCCCCC[C@](C)(NC(=O)C1CC1CC1c2ccccc2-c2ccccc21)C(=O)O. The van der Waals surface area contributed by atoms with Crippen molar-refractivity contribution in [1.82, 2.24) is 5.32 Å². The quantitative estimate of drug-likeness (QED) is 0.297. The van der Waals surface area contributed by atoms with Crippen molar-refractivity contribution in [1.29, 1.82) is 0 Å². The molecule has 174 valence electrons. The Bertz CT molecular complexity index is 984. The maximum Gasteiger partial charge on any atom is 0.329 e. The van der Waals surface area contributed by atoms with Crippen LogP contribution in [0.4, 0.5) is 0 Å². The second-order valence-corrected chi connectivity index (χ2v) is 9.93. The first-order valence-corrected chi connectivity index (χ1v) is 12.3. The molecule has 0 spiro atoms. The number of carbonyl (C=O) groups excluding carboxylic acids is 1. The fourth-order valence-electron chi connectivity index (χ4n) is 5.35. The van der Waals surface area contributed by atoms with Crippen LogP contribution in [0, 0.1) is 11.8 Å². The summed E-state index contributed by atoms with van der Waals surface area (Å²) in [6.07, 6.45) is 9.04. The number of hydrogen-bond donors (Lipinski definition) is 2. The third kappa shape index (κ3) is 5.05. The zero-order valence-corrected chi connectivity index (χ0v) is 19.6. The molecular weight excluding hydrogens is 410 g/mol. The molecule has 4 heteroatoms. The van der Waals surface area contributed by atoms with Crippen LogP contribution in [0.5, 0.6) is 0 Å². The first-order chi connectivity index (χ1) is 15.9. The normalized spacial score (nSPS) is 20.4. The average molecular weight is 446 g/mol. The zero-order chi connectivity index (χ0) is 23.4. The van der Waals surface area contributed by atoms with Crippen LogP contribution in [-0.4, -0.2) is 22.5 Å². The van der Waals surface area contributed by atoms with Crippen molar-refractivity contribution in [3.63, 3.8) is 0 Å². The summed E-state index contributed by atoms with van der Waals surface area (Å²) in [5, 5.41) is 12.7. The molecule has 4 nitrogen and oxygen atoms in total. The maximum absolute atomic E-state index is 13.0. The number of unbranched alkanes of at least 4 members (excludes halogenated alkanes) is 4. The van der Waals surface area contributed by atoms with Gasteiger partial charge in [-0.2, -0.15) is 0 Å². The minimum atomic E-state index is -1.20. The van der Waals surface area contributed by atoms with Crippen LogP contribution in [0.3, 0.4) is 0 Å². The molecule has 1 fully saturated rings. The number of rotatable bonds is 12. The highest BCUT2D eigenvalue weighted by Crippen LogP contribution is 2.53. The Hall–Kier alpha value is -2.88. The van der Waals surface area contributed by atoms with Gasteiger partial charge in [0, 0.05) is 11.8 Å². The van der Waals surface area contributed by atoms with Gasteiger partial charge in [0.25, 0.3) is 0 Å². The molecule has 2 aliphatic rings. The molecule has 2 aliphatic carbocycles. The highest BCUT2D eigenvalue weighted by molar-refractivity contribution is 5.89. The van der Waals surface area contributed by atoms with Crippen LogP contribution in [0.2, 0.25) is 0 Å². The van der Waals surface area contributed by atoms with E-state index in [-0.39, 0.29) is 11.8 Å². The number of carboxylic acid groups (broad SMARTS) is 1. The van der Waals surface area contributed by atoms with E-state index < -0.39 is 11.5 Å². The monoisotopic (exact) mass is 445 g/mol. The van der Waals surface area contributed by atoms with Gasteiger partial charge in [-0.05, 0) is 67.2 Å². The maximum atomic E-state index is 13.0. The van der Waals surface area contributed by atoms with E-state index >= 15 is 0 Å². The summed E-state index contributed by atoms with van der Waals surface area (Å²) in [7, 11) is 0. The Morgan fingerprint density at radius 1 is 1.03 bits per heavy atom. The van der Waals surface area contributed by atoms with Gasteiger partial charge in [-0.25, -0.2) is 4.79 Å². The van der Waals surface area contributed by atoms with Gasteiger partial charge in [-0.1, -0.05) is 73.9 Å². The number of carbonyl (C=O) groups is 2. The van der Waals surface area contributed by atoms with Crippen molar-refractivity contribution in [2.24, 2.45) is 11.8 Å². The average Bonchev–Trinajstić information content (AvgIpc) is 3.52. The number of amides is 1. The van der Waals surface area contributed by atoms with E-state index in [4.69, 9.17) is 0 Å². The molecule has 0 saturated heterocycles. The summed E-state index contributed by atoms with van der Waals surface area (Å²) in [6, 6.07) is 17.1. The summed E-state index contributed by atoms with van der Waals surface area (Å²) in [6.45, 7) is 5.38. The van der Waals surface area contributed by atoms with E-state index in [1.165, 1.54) is 22.3 Å². The van der Waals surface area contributed by atoms with Crippen molar-refractivity contribution >= 4 is 11.9 Å². The van der Waals surface area contributed by atoms with Gasteiger partial charge in [0.05, 0.1) is 0 Å². The van der Waals surface area contributed by atoms with Gasteiger partial charge in [0.15, 0.2) is 0 Å². The summed E-state index contributed by atoms with van der Waals surface area (Å²) >= 11 is 0. The molecule has 1 amide bonds. The molecular formula is C29H35NO3. The molecule has 1 saturated carbocycles. The van der Waals surface area contributed by atoms with Crippen LogP contribution in [0.25, 0.3) is 11.1 Å². The van der Waals surface area contributed by atoms with E-state index in [1.807, 2.05) is 6.08 Å². The van der Waals surface area contributed by atoms with Crippen molar-refractivity contribution in [3.05, 3.63) is 72.3 Å². The Kier molecular flexibility index (Phi) is 7.02. The predicted molar refractivity (Wildman–Crippen MR) is 132 cm³/mol. The second-order valence-electron chi connectivity index (χ2n) is 9.93. The number of benzene rings is 2. The smallest absolute Gasteiger partial charge is 0.329 e. The van der Waals surface area contributed by atoms with Gasteiger partial charge in [-0.3, -0.25) is 4.79 Å². The molecule has 0 aromatic heterocycles. The highest BCUT2D eigenvalue weighted by Gasteiger charge is 2.47. The fraction of sp³-hybridized carbons (Fsp3) is 0.448. The lowest BCUT2D eigenvalue weighted by molar-refractivity contribution is -0.147. The number of carboxylic acids is 1. The van der Waals surface area contributed by atoms with Crippen LogP contribution < -0.4 is 5.32 Å². The number of fused-ring (bicyclic) bond motifs is 3. The van der Waals surface area contributed by atoms with Crippen molar-refractivity contribution < 1.29 is 14.7 Å². The third-order valence-electron chi connectivity index (χ3n) is 7.47. The molecule has 0 radical (unpaired) electrons. The number of aliphatic carboxylic acids is 1. The van der Waals surface area contributed by atoms with Crippen molar-refractivity contribution in [2.45, 2.75) is 69.7 Å². The van der Waals surface area contributed by atoms with Crippen LogP contribution in [0.1, 0.15) is 75.3 Å². The number of nitrogens with one attached hydrogen (secondary N) is 1. The second kappa shape index (κ2) is 9.94. The molecule has 3 atom stereocenters. The first kappa shape index (κ1) is 23.3. The third-order valence-corrected chi connectivity index (χ3v) is 7.47. The molecule has 0 bridgehead atoms. The molecule has 2 aromatic rings. The molecule has 0 aliphatic heterocycles. The largest absolute Gasteiger partial charge is 0.480 e. The van der Waals surface area contributed by atoms with Gasteiger partial charge in [-0.15, -0.1) is 6.58 Å². The predicted octanol–water partition coefficient (Wildman–Crippen LogP) is 6.31. The minimum absolute atomic E-state index is 0.0869. The van der Waals surface area contributed by atoms with Gasteiger partial charge < -0.3 is 10.4 Å². The topological polar surface area (TPSA) is 66.4 Å². The highest BCUT2D eigenvalue weighted by atomic mass is 16.4. The molecule has 2 unspecified atom stereocenters. The lowest BCUT2D eigenvalue weighted by atomic mass is 9.90. The van der Waals surface area contributed by atoms with Gasteiger partial charge in [0.1, 0.15) is 5.54 Å². The molecule has 2 aromatic carbocycles. The first-order valence-electron chi connectivity index (χ1n) is 12.3. The molecule has 33 heavy (non-hydrogen) atoms. The van der Waals surface area contributed by atoms with Crippen molar-refractivity contribution in [2.75, 3.05) is 0 Å². The van der Waals surface area contributed by atoms with E-state index in [0.29, 0.717) is 18.3 Å². The van der Waals surface area contributed by atoms with E-state index in [1.54, 1.807) is 6.92 Å². The Morgan fingerprint density at radius 3 is 2.24 bits per heavy atom. The minimum Gasteiger partial charge on any atom is -0.480 e. The van der Waals surface area contributed by atoms with E-state index in [2.05, 4.69) is 60.4 Å². The molecule has 0 heterocycles. The van der Waals surface area contributed by atoms with Crippen LogP contribution in [-0.2, 0) is 9.59 Å². The molecule has 2 N–H and O–H groups in total. The lowest BCUT2D eigenvalue weighted by Crippen LogP contribution is -2.52. The van der Waals surface area contributed by atoms with Gasteiger partial charge >= 0.3 is 5.97 Å². The summed E-state index contributed by atoms with van der Waals surface area (Å²) in [4.78, 5) is 25.0. The fourth-order valence-corrected chi connectivity index (χ4v) is 5.35. The standard InChI is InChI=1S/C29H35NO3/c1-3-4-5-6-7-12-17-29(2,28(32)33)30-27(31)25-18-20(25)19-26-23-15-10-8-13-21(23)22-14-9-11-16-24(22)26/h3,8-11,13-16,20,25-26H,1,4-7,12,17-19H2,2H3,(H,30,31)(H,32,33)/t20?,25?,29-/m0/s1. The lowest BCUT2D eigenvalue weighted by Gasteiger charge is -2.26. The Labute approximate surface area is 197 Å². The van der Waals surface area contributed by atoms with E-state index in [9.17, 15) is 14.7 Å². The number of hydrogen-bond acceptors (Lipinski definition) is 2. The summed E-state index contributed by atoms with van der Waals surface area (Å²) in [5.41, 5.74) is 4.08. The Morgan fingerprint density at radius 2 is 1.64 bits per heavy atom. The van der Waals surface area contributed by atoms with Crippen LogP contribution in [0.15, 0.2) is 61.2 Å². The van der Waals surface area contributed by atoms with E-state index in [0.717, 1.165) is 44.9 Å². The zero-order valence-electron chi connectivity index (χ0n) is 19.6. The van der Waals surface area contributed by atoms with Crippen molar-refractivity contribution in [3.8, 4) is 11.1 Å². The van der Waals surface area contributed by atoms with Crippen LogP contribution >= 0.6 is 0 Å². The Balaban J connectivity index is 1.35. The summed E-state index contributed by atoms with van der Waals surface area (Å²) in [5.74, 6) is -0.530. The van der Waals surface area contributed by atoms with Gasteiger partial charge in [0.2, 0.25) is 5.91 Å². The molecule has 4 rings (SSSR count).